The van der Waals surface area contributed by atoms with Crippen molar-refractivity contribution in [2.75, 3.05) is 7.11 Å². The van der Waals surface area contributed by atoms with Crippen molar-refractivity contribution in [2.24, 2.45) is 5.73 Å². The summed E-state index contributed by atoms with van der Waals surface area (Å²) >= 11 is 0. The van der Waals surface area contributed by atoms with Gasteiger partial charge in [-0.25, -0.2) is 0 Å². The second kappa shape index (κ2) is 5.87. The Hall–Kier alpha value is -1.06. The van der Waals surface area contributed by atoms with Gasteiger partial charge in [0.2, 0.25) is 0 Å². The highest BCUT2D eigenvalue weighted by molar-refractivity contribution is 5.85. The zero-order chi connectivity index (χ0) is 11.5. The summed E-state index contributed by atoms with van der Waals surface area (Å²) < 4.78 is 4.66. The number of benzene rings is 1. The maximum absolute atomic E-state index is 11.4. The van der Waals surface area contributed by atoms with Gasteiger partial charge in [0.15, 0.2) is 0 Å². The maximum atomic E-state index is 11.4. The van der Waals surface area contributed by atoms with Gasteiger partial charge in [0.05, 0.1) is 7.11 Å². The summed E-state index contributed by atoms with van der Waals surface area (Å²) in [4.78, 5) is 11.4. The van der Waals surface area contributed by atoms with Crippen LogP contribution in [0.4, 0.5) is 0 Å². The molecule has 0 bridgehead atoms. The average molecular weight is 244 g/mol. The van der Waals surface area contributed by atoms with Gasteiger partial charge in [0.25, 0.3) is 0 Å². The molecule has 0 heterocycles. The van der Waals surface area contributed by atoms with E-state index >= 15 is 0 Å². The van der Waals surface area contributed by atoms with E-state index in [1.807, 2.05) is 44.2 Å². The predicted octanol–water partition coefficient (Wildman–Crippen LogP) is 1.89. The van der Waals surface area contributed by atoms with Gasteiger partial charge in [0, 0.05) is 5.41 Å². The second-order valence-electron chi connectivity index (χ2n) is 4.09. The Balaban J connectivity index is 0.00000225. The summed E-state index contributed by atoms with van der Waals surface area (Å²) in [5.74, 6) is -0.385. The molecule has 1 unspecified atom stereocenters. The van der Waals surface area contributed by atoms with Gasteiger partial charge in [-0.1, -0.05) is 44.2 Å². The van der Waals surface area contributed by atoms with E-state index in [9.17, 15) is 4.79 Å². The Bertz CT molecular complexity index is 338. The van der Waals surface area contributed by atoms with Gasteiger partial charge >= 0.3 is 5.97 Å². The van der Waals surface area contributed by atoms with E-state index in [-0.39, 0.29) is 18.4 Å². The molecule has 0 aliphatic rings. The van der Waals surface area contributed by atoms with Crippen LogP contribution in [0.3, 0.4) is 0 Å². The fourth-order valence-electron chi connectivity index (χ4n) is 1.47. The SMILES string of the molecule is COC(=O)C(N)C(C)(C)c1ccccc1.Cl. The van der Waals surface area contributed by atoms with Crippen molar-refractivity contribution in [1.29, 1.82) is 0 Å². The molecule has 0 amide bonds. The lowest BCUT2D eigenvalue weighted by Crippen LogP contribution is -2.47. The second-order valence-corrected chi connectivity index (χ2v) is 4.09. The van der Waals surface area contributed by atoms with Crippen molar-refractivity contribution in [3.8, 4) is 0 Å². The zero-order valence-electron chi connectivity index (χ0n) is 9.77. The molecule has 0 fully saturated rings. The third kappa shape index (κ3) is 2.97. The maximum Gasteiger partial charge on any atom is 0.323 e. The largest absolute Gasteiger partial charge is 0.468 e. The van der Waals surface area contributed by atoms with Crippen LogP contribution in [-0.2, 0) is 14.9 Å². The summed E-state index contributed by atoms with van der Waals surface area (Å²) in [6, 6.07) is 9.07. The molecule has 0 aromatic heterocycles. The first-order valence-electron chi connectivity index (χ1n) is 4.89. The fourth-order valence-corrected chi connectivity index (χ4v) is 1.47. The lowest BCUT2D eigenvalue weighted by atomic mass is 9.78. The summed E-state index contributed by atoms with van der Waals surface area (Å²) in [5.41, 5.74) is 6.47. The summed E-state index contributed by atoms with van der Waals surface area (Å²) in [6.07, 6.45) is 0. The third-order valence-corrected chi connectivity index (χ3v) is 2.75. The van der Waals surface area contributed by atoms with Crippen molar-refractivity contribution in [3.05, 3.63) is 35.9 Å². The molecule has 0 radical (unpaired) electrons. The molecule has 4 heteroatoms. The predicted molar refractivity (Wildman–Crippen MR) is 66.7 cm³/mol. The van der Waals surface area contributed by atoms with Crippen LogP contribution in [0.1, 0.15) is 19.4 Å². The molecular weight excluding hydrogens is 226 g/mol. The Labute approximate surface area is 102 Å². The number of carbonyl (C=O) groups is 1. The Morgan fingerprint density at radius 1 is 1.31 bits per heavy atom. The van der Waals surface area contributed by atoms with E-state index in [0.717, 1.165) is 5.56 Å². The molecule has 0 saturated carbocycles. The third-order valence-electron chi connectivity index (χ3n) is 2.75. The number of halogens is 1. The number of hydrogen-bond acceptors (Lipinski definition) is 3. The number of ether oxygens (including phenoxy) is 1. The fraction of sp³-hybridized carbons (Fsp3) is 0.417. The smallest absolute Gasteiger partial charge is 0.323 e. The normalized spacial score (nSPS) is 12.5. The van der Waals surface area contributed by atoms with E-state index in [1.165, 1.54) is 7.11 Å². The molecule has 0 spiro atoms. The molecule has 0 saturated heterocycles. The minimum atomic E-state index is -0.648. The van der Waals surface area contributed by atoms with Crippen LogP contribution in [0, 0.1) is 0 Å². The highest BCUT2D eigenvalue weighted by Crippen LogP contribution is 2.26. The van der Waals surface area contributed by atoms with Gasteiger partial charge in [-0.15, -0.1) is 12.4 Å². The molecule has 2 N–H and O–H groups in total. The van der Waals surface area contributed by atoms with Gasteiger partial charge in [-0.3, -0.25) is 4.79 Å². The first-order valence-corrected chi connectivity index (χ1v) is 4.89. The van der Waals surface area contributed by atoms with Crippen LogP contribution in [0.5, 0.6) is 0 Å². The first-order chi connectivity index (χ1) is 7.00. The number of carbonyl (C=O) groups excluding carboxylic acids is 1. The molecular formula is C12H18ClNO2. The monoisotopic (exact) mass is 243 g/mol. The van der Waals surface area contributed by atoms with E-state index < -0.39 is 11.5 Å². The molecule has 1 aromatic rings. The van der Waals surface area contributed by atoms with Gasteiger partial charge in [-0.2, -0.15) is 0 Å². The van der Waals surface area contributed by atoms with Crippen LogP contribution in [0.25, 0.3) is 0 Å². The standard InChI is InChI=1S/C12H17NO2.ClH/c1-12(2,10(13)11(14)15-3)9-7-5-4-6-8-9;/h4-8,10H,13H2,1-3H3;1H. The van der Waals surface area contributed by atoms with Crippen molar-refractivity contribution in [1.82, 2.24) is 0 Å². The Kier molecular flexibility index (Phi) is 5.48. The molecule has 0 aliphatic carbocycles. The van der Waals surface area contributed by atoms with Crippen molar-refractivity contribution in [3.63, 3.8) is 0 Å². The molecule has 90 valence electrons. The van der Waals surface area contributed by atoms with Gasteiger partial charge < -0.3 is 10.5 Å². The highest BCUT2D eigenvalue weighted by atomic mass is 35.5. The van der Waals surface area contributed by atoms with Gasteiger partial charge in [-0.05, 0) is 5.56 Å². The first kappa shape index (κ1) is 14.9. The number of methoxy groups -OCH3 is 1. The van der Waals surface area contributed by atoms with E-state index in [1.54, 1.807) is 0 Å². The lowest BCUT2D eigenvalue weighted by molar-refractivity contribution is -0.143. The average Bonchev–Trinajstić information content (AvgIpc) is 2.28. The lowest BCUT2D eigenvalue weighted by Gasteiger charge is -2.30. The molecule has 1 atom stereocenters. The summed E-state index contributed by atoms with van der Waals surface area (Å²) in [7, 11) is 1.35. The van der Waals surface area contributed by atoms with Crippen molar-refractivity contribution >= 4 is 18.4 Å². The van der Waals surface area contributed by atoms with Crippen molar-refractivity contribution < 1.29 is 9.53 Å². The Morgan fingerprint density at radius 3 is 2.25 bits per heavy atom. The van der Waals surface area contributed by atoms with Crippen molar-refractivity contribution in [2.45, 2.75) is 25.3 Å². The number of hydrogen-bond donors (Lipinski definition) is 1. The van der Waals surface area contributed by atoms with Crippen LogP contribution >= 0.6 is 12.4 Å². The highest BCUT2D eigenvalue weighted by Gasteiger charge is 2.34. The summed E-state index contributed by atoms with van der Waals surface area (Å²) in [6.45, 7) is 3.87. The number of rotatable bonds is 3. The van der Waals surface area contributed by atoms with Gasteiger partial charge in [0.1, 0.15) is 6.04 Å². The summed E-state index contributed by atoms with van der Waals surface area (Å²) in [5, 5.41) is 0. The molecule has 16 heavy (non-hydrogen) atoms. The minimum Gasteiger partial charge on any atom is -0.468 e. The molecule has 3 nitrogen and oxygen atoms in total. The molecule has 1 aromatic carbocycles. The number of esters is 1. The zero-order valence-corrected chi connectivity index (χ0v) is 10.6. The van der Waals surface area contributed by atoms with Crippen LogP contribution in [0.2, 0.25) is 0 Å². The minimum absolute atomic E-state index is 0. The molecule has 1 rings (SSSR count). The van der Waals surface area contributed by atoms with Crippen LogP contribution in [0.15, 0.2) is 30.3 Å². The van der Waals surface area contributed by atoms with E-state index in [0.29, 0.717) is 0 Å². The quantitative estimate of drug-likeness (QED) is 0.825. The van der Waals surface area contributed by atoms with Crippen LogP contribution < -0.4 is 5.73 Å². The van der Waals surface area contributed by atoms with E-state index in [2.05, 4.69) is 4.74 Å². The Morgan fingerprint density at radius 2 is 1.81 bits per heavy atom. The number of nitrogens with two attached hydrogens (primary N) is 1. The van der Waals surface area contributed by atoms with Crippen LogP contribution in [-0.4, -0.2) is 19.1 Å². The topological polar surface area (TPSA) is 52.3 Å². The van der Waals surface area contributed by atoms with E-state index in [4.69, 9.17) is 5.73 Å². The molecule has 0 aliphatic heterocycles.